The molecule has 0 atom stereocenters. The van der Waals surface area contributed by atoms with Crippen LogP contribution in [0.15, 0.2) is 24.3 Å². The molecule has 0 unspecified atom stereocenters. The smallest absolute Gasteiger partial charge is 0.378 e. The maximum Gasteiger partial charge on any atom is 0.460 e. The highest BCUT2D eigenvalue weighted by Crippen LogP contribution is 2.54. The Kier molecular flexibility index (Phi) is 4.80. The van der Waals surface area contributed by atoms with E-state index in [-0.39, 0.29) is 0 Å². The van der Waals surface area contributed by atoms with Gasteiger partial charge in [-0.25, -0.2) is 4.39 Å². The summed E-state index contributed by atoms with van der Waals surface area (Å²) in [5.74, 6) is -17.0. The van der Waals surface area contributed by atoms with Gasteiger partial charge in [0, 0.05) is 0 Å². The zero-order valence-corrected chi connectivity index (χ0v) is 11.5. The van der Waals surface area contributed by atoms with Crippen LogP contribution < -0.4 is 4.18 Å². The van der Waals surface area contributed by atoms with Crippen molar-refractivity contribution in [2.24, 2.45) is 0 Å². The number of hydrogen-bond donors (Lipinski definition) is 0. The van der Waals surface area contributed by atoms with Gasteiger partial charge in [0.15, 0.2) is 0 Å². The lowest BCUT2D eigenvalue weighted by Crippen LogP contribution is -2.63. The molecule has 0 spiro atoms. The molecule has 0 heterocycles. The third-order valence-corrected chi connectivity index (χ3v) is 3.75. The summed E-state index contributed by atoms with van der Waals surface area (Å²) >= 11 is 0. The molecule has 0 aliphatic rings. The second-order valence-corrected chi connectivity index (χ2v) is 5.74. The molecule has 138 valence electrons. The van der Waals surface area contributed by atoms with Crippen LogP contribution in [0.3, 0.4) is 0 Å². The van der Waals surface area contributed by atoms with Gasteiger partial charge in [0.05, 0.1) is 0 Å². The molecule has 0 amide bonds. The van der Waals surface area contributed by atoms with Crippen molar-refractivity contribution in [1.29, 1.82) is 0 Å². The van der Waals surface area contributed by atoms with Crippen molar-refractivity contribution in [2.45, 2.75) is 23.3 Å². The molecule has 1 aromatic rings. The first-order chi connectivity index (χ1) is 10.5. The normalized spacial score (nSPS) is 14.6. The van der Waals surface area contributed by atoms with Crippen LogP contribution >= 0.6 is 0 Å². The van der Waals surface area contributed by atoms with Gasteiger partial charge in [0.25, 0.3) is 0 Å². The molecule has 0 aliphatic carbocycles. The largest absolute Gasteiger partial charge is 0.460 e. The third-order valence-electron chi connectivity index (χ3n) is 2.45. The molecule has 0 saturated heterocycles. The Morgan fingerprint density at radius 3 is 1.54 bits per heavy atom. The van der Waals surface area contributed by atoms with E-state index in [2.05, 4.69) is 4.18 Å². The Bertz CT molecular complexity index is 693. The molecule has 3 nitrogen and oxygen atoms in total. The van der Waals surface area contributed by atoms with E-state index in [1.165, 1.54) is 0 Å². The number of benzene rings is 1. The van der Waals surface area contributed by atoms with Gasteiger partial charge in [-0.3, -0.25) is 0 Å². The minimum atomic E-state index is -7.39. The fraction of sp³-hybridized carbons (Fsp3) is 0.400. The molecular weight excluding hydrogens is 390 g/mol. The lowest BCUT2D eigenvalue weighted by Gasteiger charge is -2.32. The van der Waals surface area contributed by atoms with E-state index in [0.29, 0.717) is 24.3 Å². The van der Waals surface area contributed by atoms with Crippen molar-refractivity contribution in [1.82, 2.24) is 0 Å². The SMILES string of the molecule is O=S(=O)(Oc1ccc(F)cc1)C(F)(F)C(F)(F)C(F)(F)C(F)(F)F. The summed E-state index contributed by atoms with van der Waals surface area (Å²) in [6.07, 6.45) is -7.18. The maximum absolute atomic E-state index is 13.3. The maximum atomic E-state index is 13.3. The van der Waals surface area contributed by atoms with Crippen LogP contribution in [-0.4, -0.2) is 31.7 Å². The van der Waals surface area contributed by atoms with Crippen LogP contribution in [0.1, 0.15) is 0 Å². The van der Waals surface area contributed by atoms with Gasteiger partial charge in [0.1, 0.15) is 11.6 Å². The quantitative estimate of drug-likeness (QED) is 0.561. The van der Waals surface area contributed by atoms with E-state index in [1.54, 1.807) is 0 Å². The Balaban J connectivity index is 3.32. The summed E-state index contributed by atoms with van der Waals surface area (Å²) in [4.78, 5) is 0. The van der Waals surface area contributed by atoms with Gasteiger partial charge in [-0.15, -0.1) is 0 Å². The summed E-state index contributed by atoms with van der Waals surface area (Å²) in [6, 6.07) is 1.52. The summed E-state index contributed by atoms with van der Waals surface area (Å²) in [7, 11) is -7.01. The predicted molar refractivity (Wildman–Crippen MR) is 56.8 cm³/mol. The van der Waals surface area contributed by atoms with Crippen LogP contribution in [-0.2, 0) is 10.1 Å². The Labute approximate surface area is 126 Å². The van der Waals surface area contributed by atoms with Crippen LogP contribution in [0.5, 0.6) is 5.75 Å². The highest BCUT2D eigenvalue weighted by atomic mass is 32.2. The van der Waals surface area contributed by atoms with Gasteiger partial charge in [-0.2, -0.15) is 47.9 Å². The average Bonchev–Trinajstić information content (AvgIpc) is 2.39. The molecular formula is C10H4F10O3S. The summed E-state index contributed by atoms with van der Waals surface area (Å²) in [5.41, 5.74) is 0. The molecule has 0 fully saturated rings. The summed E-state index contributed by atoms with van der Waals surface area (Å²) < 4.78 is 151. The minimum Gasteiger partial charge on any atom is -0.378 e. The van der Waals surface area contributed by atoms with Crippen molar-refractivity contribution in [3.05, 3.63) is 30.1 Å². The highest BCUT2D eigenvalue weighted by molar-refractivity contribution is 7.88. The zero-order valence-electron chi connectivity index (χ0n) is 10.7. The first-order valence-electron chi connectivity index (χ1n) is 5.37. The molecule has 0 N–H and O–H groups in total. The van der Waals surface area contributed by atoms with E-state index in [4.69, 9.17) is 0 Å². The molecule has 0 aliphatic heterocycles. The number of alkyl halides is 9. The van der Waals surface area contributed by atoms with Crippen molar-refractivity contribution in [3.8, 4) is 5.75 Å². The number of halogens is 10. The van der Waals surface area contributed by atoms with Gasteiger partial charge < -0.3 is 4.18 Å². The van der Waals surface area contributed by atoms with Crippen LogP contribution in [0.4, 0.5) is 43.9 Å². The second-order valence-electron chi connectivity index (χ2n) is 4.15. The molecule has 0 saturated carbocycles. The van der Waals surface area contributed by atoms with Crippen molar-refractivity contribution >= 4 is 10.1 Å². The Hall–Kier alpha value is -1.73. The van der Waals surface area contributed by atoms with Gasteiger partial charge in [-0.05, 0) is 24.3 Å². The number of hydrogen-bond acceptors (Lipinski definition) is 3. The van der Waals surface area contributed by atoms with Crippen LogP contribution in [0.2, 0.25) is 0 Å². The first kappa shape index (κ1) is 20.3. The molecule has 0 radical (unpaired) electrons. The van der Waals surface area contributed by atoms with E-state index >= 15 is 0 Å². The van der Waals surface area contributed by atoms with Crippen LogP contribution in [0, 0.1) is 5.82 Å². The zero-order chi connectivity index (χ0) is 19.2. The monoisotopic (exact) mass is 394 g/mol. The Morgan fingerprint density at radius 2 is 1.17 bits per heavy atom. The average molecular weight is 394 g/mol. The van der Waals surface area contributed by atoms with Crippen LogP contribution in [0.25, 0.3) is 0 Å². The van der Waals surface area contributed by atoms with Gasteiger partial charge in [0.2, 0.25) is 0 Å². The molecule has 1 aromatic carbocycles. The molecule has 0 bridgehead atoms. The van der Waals surface area contributed by atoms with Gasteiger partial charge >= 0.3 is 33.4 Å². The van der Waals surface area contributed by atoms with E-state index in [0.717, 1.165) is 0 Å². The van der Waals surface area contributed by atoms with E-state index in [1.807, 2.05) is 0 Å². The lowest BCUT2D eigenvalue weighted by molar-refractivity contribution is -0.382. The molecule has 0 aromatic heterocycles. The lowest BCUT2D eigenvalue weighted by atomic mass is 10.1. The second kappa shape index (κ2) is 5.67. The molecule has 24 heavy (non-hydrogen) atoms. The summed E-state index contributed by atoms with van der Waals surface area (Å²) in [6.45, 7) is 0. The van der Waals surface area contributed by atoms with Crippen molar-refractivity contribution in [2.75, 3.05) is 0 Å². The van der Waals surface area contributed by atoms with E-state index in [9.17, 15) is 52.3 Å². The molecule has 1 rings (SSSR count). The topological polar surface area (TPSA) is 43.4 Å². The fourth-order valence-electron chi connectivity index (χ4n) is 1.19. The third kappa shape index (κ3) is 3.10. The first-order valence-corrected chi connectivity index (χ1v) is 6.78. The molecule has 14 heteroatoms. The van der Waals surface area contributed by atoms with Gasteiger partial charge in [-0.1, -0.05) is 0 Å². The highest BCUT2D eigenvalue weighted by Gasteiger charge is 2.86. The van der Waals surface area contributed by atoms with Crippen molar-refractivity contribution < 1.29 is 56.5 Å². The number of rotatable bonds is 5. The van der Waals surface area contributed by atoms with Crippen molar-refractivity contribution in [3.63, 3.8) is 0 Å². The van der Waals surface area contributed by atoms with E-state index < -0.39 is 45.0 Å². The Morgan fingerprint density at radius 1 is 0.750 bits per heavy atom. The summed E-state index contributed by atoms with van der Waals surface area (Å²) in [5, 5.41) is -6.96. The standard InChI is InChI=1S/C10H4F10O3S/c11-5-1-3-6(4-2-5)23-24(21,22)10(19,20)8(14,15)7(12,13)9(16,17)18/h1-4H. The minimum absolute atomic E-state index is 0.336. The predicted octanol–water partition coefficient (Wildman–Crippen LogP) is 3.96. The fourth-order valence-corrected chi connectivity index (χ4v) is 2.10.